The summed E-state index contributed by atoms with van der Waals surface area (Å²) in [7, 11) is 0. The molecule has 1 amide bonds. The number of nitrogens with one attached hydrogen (secondary N) is 1. The lowest BCUT2D eigenvalue weighted by molar-refractivity contribution is 0.0879. The number of hydrogen-bond donors (Lipinski definition) is 2. The van der Waals surface area contributed by atoms with Crippen LogP contribution in [0.25, 0.3) is 0 Å². The Morgan fingerprint density at radius 3 is 2.90 bits per heavy atom. The van der Waals surface area contributed by atoms with E-state index in [9.17, 15) is 9.90 Å². The Hall–Kier alpha value is -1.62. The zero-order valence-corrected chi connectivity index (χ0v) is 12.5. The SMILES string of the molecule is CC(C)(C)NC(=O)OCC1Cc2cc(O)cc(Cl)c2O1. The molecule has 1 aromatic rings. The number of rotatable bonds is 2. The molecule has 6 heteroatoms. The topological polar surface area (TPSA) is 67.8 Å². The second-order valence-corrected chi connectivity index (χ2v) is 6.24. The third kappa shape index (κ3) is 3.70. The Kier molecular flexibility index (Phi) is 3.99. The predicted molar refractivity (Wildman–Crippen MR) is 75.5 cm³/mol. The summed E-state index contributed by atoms with van der Waals surface area (Å²) in [6.45, 7) is 5.75. The molecule has 5 nitrogen and oxygen atoms in total. The molecule has 20 heavy (non-hydrogen) atoms. The van der Waals surface area contributed by atoms with Crippen LogP contribution in [0.4, 0.5) is 4.79 Å². The molecule has 2 N–H and O–H groups in total. The minimum Gasteiger partial charge on any atom is -0.508 e. The van der Waals surface area contributed by atoms with Gasteiger partial charge >= 0.3 is 6.09 Å². The van der Waals surface area contributed by atoms with Gasteiger partial charge in [-0.2, -0.15) is 0 Å². The molecule has 1 unspecified atom stereocenters. The summed E-state index contributed by atoms with van der Waals surface area (Å²) in [6.07, 6.45) is -0.215. The summed E-state index contributed by atoms with van der Waals surface area (Å²) in [5, 5.41) is 12.5. The fourth-order valence-corrected chi connectivity index (χ4v) is 2.25. The van der Waals surface area contributed by atoms with Crippen LogP contribution in [0.3, 0.4) is 0 Å². The van der Waals surface area contributed by atoms with Crippen molar-refractivity contribution in [2.24, 2.45) is 0 Å². The molecular formula is C14H18ClNO4. The molecule has 2 rings (SSSR count). The van der Waals surface area contributed by atoms with Crippen molar-refractivity contribution in [2.45, 2.75) is 38.8 Å². The number of phenols is 1. The number of carbonyl (C=O) groups is 1. The van der Waals surface area contributed by atoms with E-state index in [1.165, 1.54) is 6.07 Å². The molecule has 0 aliphatic carbocycles. The Balaban J connectivity index is 1.89. The van der Waals surface area contributed by atoms with Crippen LogP contribution in [0.15, 0.2) is 12.1 Å². The Labute approximate surface area is 122 Å². The normalized spacial score (nSPS) is 17.3. The smallest absolute Gasteiger partial charge is 0.407 e. The Bertz CT molecular complexity index is 525. The van der Waals surface area contributed by atoms with Crippen LogP contribution in [-0.4, -0.2) is 29.4 Å². The molecule has 0 saturated carbocycles. The van der Waals surface area contributed by atoms with Gasteiger partial charge in [-0.3, -0.25) is 0 Å². The van der Waals surface area contributed by atoms with Gasteiger partial charge < -0.3 is 19.9 Å². The lowest BCUT2D eigenvalue weighted by Gasteiger charge is -2.20. The molecule has 0 spiro atoms. The van der Waals surface area contributed by atoms with E-state index in [1.54, 1.807) is 6.07 Å². The molecule has 1 aliphatic rings. The van der Waals surface area contributed by atoms with E-state index in [2.05, 4.69) is 5.32 Å². The van der Waals surface area contributed by atoms with E-state index in [0.29, 0.717) is 17.2 Å². The third-order valence-electron chi connectivity index (χ3n) is 2.71. The van der Waals surface area contributed by atoms with Gasteiger partial charge in [0.05, 0.1) is 5.02 Å². The quantitative estimate of drug-likeness (QED) is 0.881. The number of phenolic OH excluding ortho intramolecular Hbond substituents is 1. The lowest BCUT2D eigenvalue weighted by Crippen LogP contribution is -2.42. The molecular weight excluding hydrogens is 282 g/mol. The van der Waals surface area contributed by atoms with Crippen molar-refractivity contribution in [2.75, 3.05) is 6.61 Å². The molecule has 0 aromatic heterocycles. The summed E-state index contributed by atoms with van der Waals surface area (Å²) in [6, 6.07) is 3.03. The minimum atomic E-state index is -0.481. The van der Waals surface area contributed by atoms with Crippen molar-refractivity contribution in [1.29, 1.82) is 0 Å². The van der Waals surface area contributed by atoms with Crippen molar-refractivity contribution in [3.63, 3.8) is 0 Å². The molecule has 0 fully saturated rings. The zero-order chi connectivity index (χ0) is 14.9. The summed E-state index contributed by atoms with van der Waals surface area (Å²) < 4.78 is 10.7. The summed E-state index contributed by atoms with van der Waals surface area (Å²) in [4.78, 5) is 11.6. The standard InChI is InChI=1S/C14H18ClNO4/c1-14(2,3)16-13(18)19-7-10-5-8-4-9(17)6-11(15)12(8)20-10/h4,6,10,17H,5,7H2,1-3H3,(H,16,18). The lowest BCUT2D eigenvalue weighted by atomic mass is 10.1. The second kappa shape index (κ2) is 5.40. The molecule has 1 aliphatic heterocycles. The molecule has 0 radical (unpaired) electrons. The first-order valence-corrected chi connectivity index (χ1v) is 6.75. The highest BCUT2D eigenvalue weighted by Gasteiger charge is 2.27. The van der Waals surface area contributed by atoms with E-state index in [1.807, 2.05) is 20.8 Å². The predicted octanol–water partition coefficient (Wildman–Crippen LogP) is 2.87. The number of hydrogen-bond acceptors (Lipinski definition) is 4. The van der Waals surface area contributed by atoms with Crippen LogP contribution in [0.2, 0.25) is 5.02 Å². The van der Waals surface area contributed by atoms with Crippen molar-refractivity contribution in [3.8, 4) is 11.5 Å². The zero-order valence-electron chi connectivity index (χ0n) is 11.7. The molecule has 0 bridgehead atoms. The second-order valence-electron chi connectivity index (χ2n) is 5.83. The van der Waals surface area contributed by atoms with Gasteiger partial charge in [0.2, 0.25) is 0 Å². The highest BCUT2D eigenvalue weighted by Crippen LogP contribution is 2.38. The van der Waals surface area contributed by atoms with Gasteiger partial charge in [0, 0.05) is 23.6 Å². The highest BCUT2D eigenvalue weighted by molar-refractivity contribution is 6.32. The number of fused-ring (bicyclic) bond motifs is 1. The number of halogens is 1. The fraction of sp³-hybridized carbons (Fsp3) is 0.500. The molecule has 1 heterocycles. The van der Waals surface area contributed by atoms with Crippen molar-refractivity contribution >= 4 is 17.7 Å². The van der Waals surface area contributed by atoms with Crippen molar-refractivity contribution in [3.05, 3.63) is 22.7 Å². The van der Waals surface area contributed by atoms with Gasteiger partial charge in [0.1, 0.15) is 24.2 Å². The van der Waals surface area contributed by atoms with Gasteiger partial charge in [-0.1, -0.05) is 11.6 Å². The van der Waals surface area contributed by atoms with Gasteiger partial charge in [-0.15, -0.1) is 0 Å². The minimum absolute atomic E-state index is 0.101. The number of alkyl carbamates (subject to hydrolysis) is 1. The largest absolute Gasteiger partial charge is 0.508 e. The van der Waals surface area contributed by atoms with E-state index in [4.69, 9.17) is 21.1 Å². The van der Waals surface area contributed by atoms with Gasteiger partial charge in [0.25, 0.3) is 0 Å². The van der Waals surface area contributed by atoms with Crippen LogP contribution in [0.5, 0.6) is 11.5 Å². The number of carbonyl (C=O) groups excluding carboxylic acids is 1. The van der Waals surface area contributed by atoms with Crippen molar-refractivity contribution in [1.82, 2.24) is 5.32 Å². The maximum atomic E-state index is 11.6. The average Bonchev–Trinajstić information content (AvgIpc) is 2.67. The summed E-state index contributed by atoms with van der Waals surface area (Å²) in [5.74, 6) is 0.652. The van der Waals surface area contributed by atoms with Gasteiger partial charge in [-0.05, 0) is 26.8 Å². The first-order valence-electron chi connectivity index (χ1n) is 6.37. The average molecular weight is 300 g/mol. The van der Waals surface area contributed by atoms with Crippen LogP contribution < -0.4 is 10.1 Å². The maximum absolute atomic E-state index is 11.6. The number of benzene rings is 1. The molecule has 1 atom stereocenters. The Morgan fingerprint density at radius 2 is 2.25 bits per heavy atom. The molecule has 110 valence electrons. The van der Waals surface area contributed by atoms with Crippen LogP contribution in [-0.2, 0) is 11.2 Å². The first-order chi connectivity index (χ1) is 9.24. The Morgan fingerprint density at radius 1 is 1.55 bits per heavy atom. The van der Waals surface area contributed by atoms with Crippen LogP contribution in [0.1, 0.15) is 26.3 Å². The molecule has 0 saturated heterocycles. The maximum Gasteiger partial charge on any atom is 0.407 e. The van der Waals surface area contributed by atoms with E-state index in [0.717, 1.165) is 5.56 Å². The van der Waals surface area contributed by atoms with E-state index in [-0.39, 0.29) is 24.0 Å². The number of aromatic hydroxyl groups is 1. The monoisotopic (exact) mass is 299 g/mol. The van der Waals surface area contributed by atoms with Crippen molar-refractivity contribution < 1.29 is 19.4 Å². The molecule has 1 aromatic carbocycles. The van der Waals surface area contributed by atoms with Gasteiger partial charge in [0.15, 0.2) is 0 Å². The fourth-order valence-electron chi connectivity index (χ4n) is 1.98. The van der Waals surface area contributed by atoms with E-state index >= 15 is 0 Å². The highest BCUT2D eigenvalue weighted by atomic mass is 35.5. The van der Waals surface area contributed by atoms with Gasteiger partial charge in [-0.25, -0.2) is 4.79 Å². The summed E-state index contributed by atoms with van der Waals surface area (Å²) in [5.41, 5.74) is 0.478. The van der Waals surface area contributed by atoms with Crippen LogP contribution in [0, 0.1) is 0 Å². The number of ether oxygens (including phenoxy) is 2. The van der Waals surface area contributed by atoms with E-state index < -0.39 is 6.09 Å². The van der Waals surface area contributed by atoms with Crippen LogP contribution >= 0.6 is 11.6 Å². The third-order valence-corrected chi connectivity index (χ3v) is 3.00. The summed E-state index contributed by atoms with van der Waals surface area (Å²) >= 11 is 5.98. The first kappa shape index (κ1) is 14.8. The number of amides is 1.